The minimum atomic E-state index is -0.799. The summed E-state index contributed by atoms with van der Waals surface area (Å²) in [5.74, 6) is 3.26. The van der Waals surface area contributed by atoms with E-state index in [0.29, 0.717) is 13.0 Å². The van der Waals surface area contributed by atoms with E-state index in [1.165, 1.54) is 11.1 Å². The maximum atomic E-state index is 6.94. The van der Waals surface area contributed by atoms with Gasteiger partial charge in [-0.15, -0.1) is 0 Å². The van der Waals surface area contributed by atoms with Crippen molar-refractivity contribution in [1.82, 2.24) is 0 Å². The third-order valence-corrected chi connectivity index (χ3v) is 6.82. The molecule has 0 N–H and O–H groups in total. The largest absolute Gasteiger partial charge is 0.496 e. The molecule has 0 bridgehead atoms. The number of allylic oxidation sites excluding steroid dienone is 4. The first-order valence-corrected chi connectivity index (χ1v) is 14.0. The highest BCUT2D eigenvalue weighted by Gasteiger charge is 2.57. The van der Waals surface area contributed by atoms with Crippen LogP contribution in [-0.2, 0) is 23.2 Å². The third kappa shape index (κ3) is 6.14. The molecule has 2 aromatic rings. The molecule has 5 heteroatoms. The molecule has 2 atom stereocenters. The summed E-state index contributed by atoms with van der Waals surface area (Å²) in [5, 5.41) is 0. The highest BCUT2D eigenvalue weighted by Crippen LogP contribution is 2.59. The quantitative estimate of drug-likeness (QED) is 0.334. The van der Waals surface area contributed by atoms with E-state index in [1.54, 1.807) is 7.11 Å². The minimum absolute atomic E-state index is 0.335. The Morgan fingerprint density at radius 3 is 2.18 bits per heavy atom. The van der Waals surface area contributed by atoms with Crippen LogP contribution in [0, 0.1) is 0 Å². The summed E-state index contributed by atoms with van der Waals surface area (Å²) < 4.78 is 32.6. The first kappa shape index (κ1) is 29.1. The molecule has 0 amide bonds. The van der Waals surface area contributed by atoms with Crippen LogP contribution in [0.5, 0.6) is 23.0 Å². The van der Waals surface area contributed by atoms with E-state index in [-0.39, 0.29) is 11.7 Å². The molecule has 0 saturated carbocycles. The van der Waals surface area contributed by atoms with Gasteiger partial charge < -0.3 is 23.7 Å². The van der Waals surface area contributed by atoms with Crippen molar-refractivity contribution in [3.05, 3.63) is 69.8 Å². The second kappa shape index (κ2) is 10.6. The van der Waals surface area contributed by atoms with Gasteiger partial charge in [0, 0.05) is 22.8 Å². The van der Waals surface area contributed by atoms with Crippen molar-refractivity contribution in [2.75, 3.05) is 13.7 Å². The van der Waals surface area contributed by atoms with Gasteiger partial charge in [-0.3, -0.25) is 0 Å². The summed E-state index contributed by atoms with van der Waals surface area (Å²) >= 11 is 0. The third-order valence-electron chi connectivity index (χ3n) is 6.82. The average molecular weight is 535 g/mol. The molecule has 0 fully saturated rings. The van der Waals surface area contributed by atoms with Crippen molar-refractivity contribution in [1.29, 1.82) is 0 Å². The van der Waals surface area contributed by atoms with Gasteiger partial charge in [-0.1, -0.05) is 23.3 Å². The molecule has 39 heavy (non-hydrogen) atoms. The van der Waals surface area contributed by atoms with Gasteiger partial charge in [-0.2, -0.15) is 0 Å². The average Bonchev–Trinajstić information content (AvgIpc) is 3.13. The number of ether oxygens (including phenoxy) is 5. The fraction of sp³-hybridized carbons (Fsp3) is 0.529. The van der Waals surface area contributed by atoms with Crippen LogP contribution < -0.4 is 18.9 Å². The van der Waals surface area contributed by atoms with Crippen molar-refractivity contribution in [2.45, 2.75) is 105 Å². The monoisotopic (exact) mass is 534 g/mol. The first-order chi connectivity index (χ1) is 18.1. The SMILES string of the molecule is COc1ccc2c(c1CC=C(C)C)O[C@H]1c3cc(CC=C(C)C)c(OC(C)(C)C)cc3OC[C@@]21OC(C)(C)C. The predicted molar refractivity (Wildman–Crippen MR) is 157 cm³/mol. The molecule has 0 spiro atoms. The summed E-state index contributed by atoms with van der Waals surface area (Å²) in [6, 6.07) is 8.34. The van der Waals surface area contributed by atoms with E-state index in [2.05, 4.69) is 93.5 Å². The molecule has 0 aliphatic carbocycles. The second-order valence-electron chi connectivity index (χ2n) is 13.2. The minimum Gasteiger partial charge on any atom is -0.496 e. The van der Waals surface area contributed by atoms with Gasteiger partial charge >= 0.3 is 0 Å². The van der Waals surface area contributed by atoms with Crippen LogP contribution in [0.4, 0.5) is 0 Å². The van der Waals surface area contributed by atoms with Crippen molar-refractivity contribution in [3.63, 3.8) is 0 Å². The fourth-order valence-corrected chi connectivity index (χ4v) is 5.31. The van der Waals surface area contributed by atoms with Crippen LogP contribution in [0.2, 0.25) is 0 Å². The van der Waals surface area contributed by atoms with E-state index < -0.39 is 11.2 Å². The lowest BCUT2D eigenvalue weighted by molar-refractivity contribution is -0.193. The Hall–Kier alpha value is -2.92. The lowest BCUT2D eigenvalue weighted by atomic mass is 9.82. The molecule has 0 unspecified atom stereocenters. The van der Waals surface area contributed by atoms with Gasteiger partial charge in [-0.05, 0) is 106 Å². The van der Waals surface area contributed by atoms with Crippen molar-refractivity contribution in [2.24, 2.45) is 0 Å². The molecule has 0 saturated heterocycles. The van der Waals surface area contributed by atoms with Gasteiger partial charge in [0.2, 0.25) is 0 Å². The lowest BCUT2D eigenvalue weighted by Crippen LogP contribution is -2.48. The highest BCUT2D eigenvalue weighted by atomic mass is 16.6. The molecule has 212 valence electrons. The van der Waals surface area contributed by atoms with E-state index in [4.69, 9.17) is 23.7 Å². The van der Waals surface area contributed by atoms with Gasteiger partial charge in [0.1, 0.15) is 35.2 Å². The Labute approximate surface area is 235 Å². The van der Waals surface area contributed by atoms with Gasteiger partial charge in [0.25, 0.3) is 0 Å². The number of hydrogen-bond donors (Lipinski definition) is 0. The number of hydrogen-bond acceptors (Lipinski definition) is 5. The molecular weight excluding hydrogens is 488 g/mol. The van der Waals surface area contributed by atoms with Crippen molar-refractivity contribution < 1.29 is 23.7 Å². The summed E-state index contributed by atoms with van der Waals surface area (Å²) in [7, 11) is 1.71. The van der Waals surface area contributed by atoms with E-state index in [1.807, 2.05) is 12.1 Å². The zero-order valence-electron chi connectivity index (χ0n) is 25.7. The number of methoxy groups -OCH3 is 1. The molecular formula is C34H46O5. The fourth-order valence-electron chi connectivity index (χ4n) is 5.31. The van der Waals surface area contributed by atoms with Crippen LogP contribution in [0.3, 0.4) is 0 Å². The smallest absolute Gasteiger partial charge is 0.172 e. The molecule has 2 aromatic carbocycles. The van der Waals surface area contributed by atoms with Crippen LogP contribution in [0.1, 0.15) is 97.6 Å². The van der Waals surface area contributed by atoms with Crippen LogP contribution in [-0.4, -0.2) is 24.9 Å². The summed E-state index contributed by atoms with van der Waals surface area (Å²) in [5.41, 5.74) is 5.06. The Balaban J connectivity index is 1.92. The van der Waals surface area contributed by atoms with Gasteiger partial charge in [0.05, 0.1) is 12.7 Å². The molecule has 2 heterocycles. The van der Waals surface area contributed by atoms with Crippen LogP contribution in [0.25, 0.3) is 0 Å². The number of rotatable bonds is 7. The van der Waals surface area contributed by atoms with Crippen LogP contribution >= 0.6 is 0 Å². The molecule has 4 rings (SSSR count). The van der Waals surface area contributed by atoms with Crippen molar-refractivity contribution in [3.8, 4) is 23.0 Å². The number of benzene rings is 2. The van der Waals surface area contributed by atoms with Crippen molar-refractivity contribution >= 4 is 0 Å². The summed E-state index contributed by atoms with van der Waals surface area (Å²) in [6.45, 7) is 21.2. The van der Waals surface area contributed by atoms with Gasteiger partial charge in [-0.25, -0.2) is 0 Å². The Bertz CT molecular complexity index is 1280. The Morgan fingerprint density at radius 1 is 0.923 bits per heavy atom. The zero-order valence-corrected chi connectivity index (χ0v) is 25.7. The van der Waals surface area contributed by atoms with E-state index in [0.717, 1.165) is 51.7 Å². The molecule has 2 aliphatic rings. The highest BCUT2D eigenvalue weighted by molar-refractivity contribution is 5.60. The molecule has 5 nitrogen and oxygen atoms in total. The first-order valence-electron chi connectivity index (χ1n) is 14.0. The molecule has 0 radical (unpaired) electrons. The zero-order chi connectivity index (χ0) is 28.8. The van der Waals surface area contributed by atoms with Gasteiger partial charge in [0.15, 0.2) is 11.7 Å². The van der Waals surface area contributed by atoms with E-state index in [9.17, 15) is 0 Å². The lowest BCUT2D eigenvalue weighted by Gasteiger charge is -2.43. The maximum Gasteiger partial charge on any atom is 0.172 e. The van der Waals surface area contributed by atoms with Crippen LogP contribution in [0.15, 0.2) is 47.6 Å². The Morgan fingerprint density at radius 2 is 1.59 bits per heavy atom. The maximum absolute atomic E-state index is 6.94. The summed E-state index contributed by atoms with van der Waals surface area (Å²) in [6.07, 6.45) is 5.53. The Kier molecular flexibility index (Phi) is 7.88. The topological polar surface area (TPSA) is 46.2 Å². The number of fused-ring (bicyclic) bond motifs is 5. The summed E-state index contributed by atoms with van der Waals surface area (Å²) in [4.78, 5) is 0. The normalized spacial score (nSPS) is 19.6. The molecule has 2 aliphatic heterocycles. The van der Waals surface area contributed by atoms with E-state index >= 15 is 0 Å². The standard InChI is InChI=1S/C34H46O5/c1-21(2)12-14-23-18-25-29(19-28(23)38-32(5,6)7)36-20-34(39-33(8,9)10)26-16-17-27(35-11)24(15-13-22(3)4)30(26)37-31(25)34/h12-13,16-19,31H,14-15,20H2,1-11H3/t31-,34+/m0/s1. The second-order valence-corrected chi connectivity index (χ2v) is 13.2. The molecule has 0 aromatic heterocycles. The predicted octanol–water partition coefficient (Wildman–Crippen LogP) is 8.43.